The predicted octanol–water partition coefficient (Wildman–Crippen LogP) is 1.81. The van der Waals surface area contributed by atoms with Gasteiger partial charge in [0.05, 0.1) is 0 Å². The monoisotopic (exact) mass is 367 g/mol. The lowest BCUT2D eigenvalue weighted by molar-refractivity contribution is -0.169. The van der Waals surface area contributed by atoms with Crippen LogP contribution in [0.1, 0.15) is 38.7 Å². The van der Waals surface area contributed by atoms with Crippen molar-refractivity contribution in [3.05, 3.63) is 42.5 Å². The van der Waals surface area contributed by atoms with Crippen molar-refractivity contribution in [3.63, 3.8) is 0 Å². The van der Waals surface area contributed by atoms with E-state index in [1.807, 2.05) is 38.1 Å². The van der Waals surface area contributed by atoms with Crippen LogP contribution in [0.2, 0.25) is 0 Å². The van der Waals surface area contributed by atoms with E-state index in [0.717, 1.165) is 17.7 Å². The fourth-order valence-electron chi connectivity index (χ4n) is 5.88. The lowest BCUT2D eigenvalue weighted by Gasteiger charge is -2.54. The van der Waals surface area contributed by atoms with Gasteiger partial charge in [-0.3, -0.25) is 9.59 Å². The topological polar surface area (TPSA) is 72.9 Å². The molecular weight excluding hydrogens is 342 g/mol. The molecule has 6 heteroatoms. The number of anilines is 1. The van der Waals surface area contributed by atoms with Crippen LogP contribution >= 0.6 is 0 Å². The summed E-state index contributed by atoms with van der Waals surface area (Å²) in [6.45, 7) is 8.54. The molecule has 0 bridgehead atoms. The van der Waals surface area contributed by atoms with Gasteiger partial charge in [0.2, 0.25) is 11.8 Å². The van der Waals surface area contributed by atoms with Crippen molar-refractivity contribution < 1.29 is 14.7 Å². The predicted molar refractivity (Wildman–Crippen MR) is 101 cm³/mol. The third kappa shape index (κ3) is 1.66. The van der Waals surface area contributed by atoms with E-state index < -0.39 is 28.8 Å². The molecule has 1 aromatic rings. The molecule has 2 N–H and O–H groups in total. The van der Waals surface area contributed by atoms with Crippen molar-refractivity contribution in [2.24, 2.45) is 5.41 Å². The molecule has 0 aliphatic carbocycles. The fourth-order valence-corrected chi connectivity index (χ4v) is 5.88. The maximum absolute atomic E-state index is 13.6. The Hall–Kier alpha value is -2.34. The molecule has 4 atom stereocenters. The summed E-state index contributed by atoms with van der Waals surface area (Å²) in [4.78, 5) is 30.2. The second kappa shape index (κ2) is 4.93. The highest BCUT2D eigenvalue weighted by atomic mass is 16.3. The van der Waals surface area contributed by atoms with Crippen LogP contribution in [0.4, 0.5) is 5.69 Å². The van der Waals surface area contributed by atoms with Gasteiger partial charge >= 0.3 is 0 Å². The molecule has 0 aromatic heterocycles. The van der Waals surface area contributed by atoms with Crippen LogP contribution < -0.4 is 5.32 Å². The van der Waals surface area contributed by atoms with E-state index in [2.05, 4.69) is 11.9 Å². The highest BCUT2D eigenvalue weighted by molar-refractivity contribution is 6.00. The standard InChI is InChI=1S/C21H25N3O3/c1-4-19(2,3)21-20(27,13-8-5-6-9-14(13)22-21)12-16-17(25)23-11-7-10-15(23)18(26)24(16)21/h4-6,8-9,15-16,22,27H,1,7,10-12H2,2-3H3/t15-,16-,20-,21+/m0/s1. The Morgan fingerprint density at radius 3 is 2.74 bits per heavy atom. The van der Waals surface area contributed by atoms with Crippen molar-refractivity contribution in [3.8, 4) is 0 Å². The minimum absolute atomic E-state index is 0.0431. The maximum atomic E-state index is 13.6. The zero-order chi connectivity index (χ0) is 19.2. The molecule has 0 unspecified atom stereocenters. The van der Waals surface area contributed by atoms with Gasteiger partial charge in [0.25, 0.3) is 0 Å². The highest BCUT2D eigenvalue weighted by Crippen LogP contribution is 2.63. The van der Waals surface area contributed by atoms with Crippen molar-refractivity contribution in [1.29, 1.82) is 0 Å². The minimum Gasteiger partial charge on any atom is -0.380 e. The Kier molecular flexibility index (Phi) is 3.07. The summed E-state index contributed by atoms with van der Waals surface area (Å²) in [7, 11) is 0. The van der Waals surface area contributed by atoms with E-state index in [4.69, 9.17) is 0 Å². The number of amides is 2. The average molecular weight is 367 g/mol. The number of nitrogens with one attached hydrogen (secondary N) is 1. The molecular formula is C21H25N3O3. The summed E-state index contributed by atoms with van der Waals surface area (Å²) >= 11 is 0. The first-order valence-corrected chi connectivity index (χ1v) is 9.66. The number of hydrogen-bond acceptors (Lipinski definition) is 4. The summed E-state index contributed by atoms with van der Waals surface area (Å²) in [5.74, 6) is -0.110. The third-order valence-electron chi connectivity index (χ3n) is 7.23. The Labute approximate surface area is 158 Å². The van der Waals surface area contributed by atoms with Gasteiger partial charge in [-0.1, -0.05) is 38.1 Å². The van der Waals surface area contributed by atoms with E-state index in [9.17, 15) is 14.7 Å². The number of aliphatic hydroxyl groups is 1. The molecule has 1 aromatic carbocycles. The molecule has 0 radical (unpaired) electrons. The smallest absolute Gasteiger partial charge is 0.248 e. The fraction of sp³-hybridized carbons (Fsp3) is 0.524. The van der Waals surface area contributed by atoms with Crippen molar-refractivity contribution >= 4 is 17.5 Å². The summed E-state index contributed by atoms with van der Waals surface area (Å²) < 4.78 is 0. The summed E-state index contributed by atoms with van der Waals surface area (Å²) in [5, 5.41) is 15.5. The average Bonchev–Trinajstić information content (AvgIpc) is 3.29. The first-order valence-electron chi connectivity index (χ1n) is 9.66. The Bertz CT molecular complexity index is 881. The van der Waals surface area contributed by atoms with Crippen LogP contribution in [-0.2, 0) is 15.2 Å². The third-order valence-corrected chi connectivity index (χ3v) is 7.23. The van der Waals surface area contributed by atoms with Crippen LogP contribution in [0.5, 0.6) is 0 Å². The van der Waals surface area contributed by atoms with Gasteiger partial charge in [-0.05, 0) is 18.9 Å². The van der Waals surface area contributed by atoms with Crippen LogP contribution in [-0.4, -0.2) is 51.0 Å². The van der Waals surface area contributed by atoms with Crippen LogP contribution in [0, 0.1) is 5.41 Å². The van der Waals surface area contributed by atoms with Gasteiger partial charge in [0.15, 0.2) is 5.66 Å². The number of fused-ring (bicyclic) bond motifs is 6. The minimum atomic E-state index is -1.36. The number of hydrogen-bond donors (Lipinski definition) is 2. The van der Waals surface area contributed by atoms with Gasteiger partial charge < -0.3 is 20.2 Å². The molecule has 5 rings (SSSR count). The molecule has 3 fully saturated rings. The number of nitrogens with zero attached hydrogens (tertiary/aromatic N) is 2. The Morgan fingerprint density at radius 1 is 1.26 bits per heavy atom. The molecule has 3 saturated heterocycles. The van der Waals surface area contributed by atoms with Gasteiger partial charge in [-0.25, -0.2) is 0 Å². The first kappa shape index (κ1) is 16.8. The quantitative estimate of drug-likeness (QED) is 0.782. The normalized spacial score (nSPS) is 36.9. The number of carbonyl (C=O) groups is 2. The molecule has 142 valence electrons. The van der Waals surface area contributed by atoms with E-state index in [-0.39, 0.29) is 18.2 Å². The van der Waals surface area contributed by atoms with Gasteiger partial charge in [-0.15, -0.1) is 6.58 Å². The number of carbonyl (C=O) groups excluding carboxylic acids is 2. The first-order chi connectivity index (χ1) is 12.8. The molecule has 6 nitrogen and oxygen atoms in total. The maximum Gasteiger partial charge on any atom is 0.248 e. The SMILES string of the molecule is C=CC(C)(C)[C@]12Nc3ccccc3[C@@]1(O)C[C@H]1C(=O)N3CCC[C@H]3C(=O)N12. The second-order valence-electron chi connectivity index (χ2n) is 8.78. The molecule has 0 saturated carbocycles. The highest BCUT2D eigenvalue weighted by Gasteiger charge is 2.76. The van der Waals surface area contributed by atoms with E-state index in [1.54, 1.807) is 15.9 Å². The molecule has 0 spiro atoms. The number of piperazine rings is 1. The molecule has 27 heavy (non-hydrogen) atoms. The van der Waals surface area contributed by atoms with Gasteiger partial charge in [0.1, 0.15) is 17.7 Å². The van der Waals surface area contributed by atoms with Crippen LogP contribution in [0.25, 0.3) is 0 Å². The van der Waals surface area contributed by atoms with E-state index in [1.165, 1.54) is 0 Å². The van der Waals surface area contributed by atoms with Crippen LogP contribution in [0.3, 0.4) is 0 Å². The van der Waals surface area contributed by atoms with Crippen molar-refractivity contribution in [2.75, 3.05) is 11.9 Å². The number of para-hydroxylation sites is 1. The van der Waals surface area contributed by atoms with Crippen LogP contribution in [0.15, 0.2) is 36.9 Å². The van der Waals surface area contributed by atoms with E-state index in [0.29, 0.717) is 13.0 Å². The zero-order valence-electron chi connectivity index (χ0n) is 15.7. The Balaban J connectivity index is 1.77. The van der Waals surface area contributed by atoms with E-state index >= 15 is 0 Å². The molecule has 4 heterocycles. The largest absolute Gasteiger partial charge is 0.380 e. The van der Waals surface area contributed by atoms with Gasteiger partial charge in [0, 0.05) is 29.6 Å². The van der Waals surface area contributed by atoms with Crippen molar-refractivity contribution in [1.82, 2.24) is 9.80 Å². The Morgan fingerprint density at radius 2 is 2.00 bits per heavy atom. The molecule has 4 aliphatic rings. The lowest BCUT2D eigenvalue weighted by atomic mass is 9.68. The zero-order valence-corrected chi connectivity index (χ0v) is 15.7. The molecule has 4 aliphatic heterocycles. The number of benzene rings is 1. The summed E-state index contributed by atoms with van der Waals surface area (Å²) in [6, 6.07) is 6.52. The number of rotatable bonds is 2. The lowest BCUT2D eigenvalue weighted by Crippen LogP contribution is -2.73. The molecule has 2 amide bonds. The summed E-state index contributed by atoms with van der Waals surface area (Å²) in [5.41, 5.74) is -1.63. The van der Waals surface area contributed by atoms with Crippen molar-refractivity contribution in [2.45, 2.75) is 56.5 Å². The summed E-state index contributed by atoms with van der Waals surface area (Å²) in [6.07, 6.45) is 3.50. The van der Waals surface area contributed by atoms with Gasteiger partial charge in [-0.2, -0.15) is 0 Å². The second-order valence-corrected chi connectivity index (χ2v) is 8.78.